The summed E-state index contributed by atoms with van der Waals surface area (Å²) in [6.07, 6.45) is 4.09. The molecule has 1 aliphatic heterocycles. The Balaban J connectivity index is 0.000000585. The molecular formula is C33H41N3O5. The first-order valence-corrected chi connectivity index (χ1v) is 14.1. The fraction of sp³-hybridized carbons (Fsp3) is 0.424. The van der Waals surface area contributed by atoms with Crippen molar-refractivity contribution in [3.8, 4) is 11.1 Å². The van der Waals surface area contributed by atoms with Crippen LogP contribution in [0, 0.1) is 0 Å². The van der Waals surface area contributed by atoms with Crippen molar-refractivity contribution in [2.24, 2.45) is 0 Å². The van der Waals surface area contributed by atoms with Crippen molar-refractivity contribution in [2.75, 3.05) is 20.6 Å². The normalized spacial score (nSPS) is 19.5. The molecule has 2 fully saturated rings. The zero-order valence-corrected chi connectivity index (χ0v) is 24.6. The van der Waals surface area contributed by atoms with Crippen molar-refractivity contribution in [3.05, 3.63) is 89.7 Å². The van der Waals surface area contributed by atoms with Crippen LogP contribution in [-0.2, 0) is 10.3 Å². The van der Waals surface area contributed by atoms with Gasteiger partial charge in [0.2, 0.25) is 0 Å². The Morgan fingerprint density at radius 1 is 1.10 bits per heavy atom. The van der Waals surface area contributed by atoms with E-state index in [1.807, 2.05) is 43.5 Å². The van der Waals surface area contributed by atoms with Crippen molar-refractivity contribution in [2.45, 2.75) is 69.6 Å². The van der Waals surface area contributed by atoms with Crippen LogP contribution in [0.3, 0.4) is 0 Å². The van der Waals surface area contributed by atoms with Gasteiger partial charge < -0.3 is 24.7 Å². The fourth-order valence-corrected chi connectivity index (χ4v) is 5.26. The number of amides is 2. The highest BCUT2D eigenvalue weighted by atomic mass is 16.6. The van der Waals surface area contributed by atoms with Crippen LogP contribution in [0.15, 0.2) is 72.9 Å². The van der Waals surface area contributed by atoms with E-state index in [-0.39, 0.29) is 12.1 Å². The molecule has 218 valence electrons. The number of hydrogen-bond donors (Lipinski definition) is 2. The van der Waals surface area contributed by atoms with E-state index in [0.29, 0.717) is 25.3 Å². The predicted octanol–water partition coefficient (Wildman–Crippen LogP) is 6.81. The van der Waals surface area contributed by atoms with E-state index >= 15 is 0 Å². The number of benzene rings is 2. The number of cyclic esters (lactones) is 1. The number of hydrogen-bond acceptors (Lipinski definition) is 5. The summed E-state index contributed by atoms with van der Waals surface area (Å²) in [5.41, 5.74) is 3.71. The number of pyridine rings is 1. The Hall–Kier alpha value is -3.91. The summed E-state index contributed by atoms with van der Waals surface area (Å²) < 4.78 is 6.15. The van der Waals surface area contributed by atoms with Gasteiger partial charge in [-0.05, 0) is 68.0 Å². The van der Waals surface area contributed by atoms with E-state index in [0.717, 1.165) is 21.6 Å². The number of carbonyl (C=O) groups is 2. The second-order valence-electron chi connectivity index (χ2n) is 11.9. The predicted molar refractivity (Wildman–Crippen MR) is 159 cm³/mol. The van der Waals surface area contributed by atoms with E-state index in [2.05, 4.69) is 41.4 Å². The molecular weight excluding hydrogens is 518 g/mol. The van der Waals surface area contributed by atoms with Crippen LogP contribution in [0.4, 0.5) is 9.59 Å². The summed E-state index contributed by atoms with van der Waals surface area (Å²) in [5.74, 6) is 0.624. The Morgan fingerprint density at radius 2 is 1.73 bits per heavy atom. The number of aromatic nitrogens is 1. The van der Waals surface area contributed by atoms with Crippen molar-refractivity contribution in [1.82, 2.24) is 14.8 Å². The van der Waals surface area contributed by atoms with Crippen molar-refractivity contribution in [1.29, 1.82) is 0 Å². The van der Waals surface area contributed by atoms with Gasteiger partial charge >= 0.3 is 12.2 Å². The second kappa shape index (κ2) is 12.3. The first kappa shape index (κ1) is 30.1. The first-order chi connectivity index (χ1) is 19.4. The molecule has 2 aromatic carbocycles. The first-order valence-electron chi connectivity index (χ1n) is 14.1. The van der Waals surface area contributed by atoms with Gasteiger partial charge in [-0.2, -0.15) is 0 Å². The fourth-order valence-electron chi connectivity index (χ4n) is 5.26. The molecule has 1 aromatic heterocycles. The van der Waals surface area contributed by atoms with Crippen molar-refractivity contribution in [3.63, 3.8) is 0 Å². The van der Waals surface area contributed by atoms with E-state index in [9.17, 15) is 14.7 Å². The molecule has 1 saturated heterocycles. The summed E-state index contributed by atoms with van der Waals surface area (Å²) in [5, 5.41) is 18.5. The Labute approximate surface area is 242 Å². The minimum atomic E-state index is -0.966. The summed E-state index contributed by atoms with van der Waals surface area (Å²) >= 11 is 0. The Morgan fingerprint density at radius 3 is 2.27 bits per heavy atom. The van der Waals surface area contributed by atoms with Crippen LogP contribution in [0.1, 0.15) is 75.2 Å². The van der Waals surface area contributed by atoms with Gasteiger partial charge in [0, 0.05) is 51.3 Å². The van der Waals surface area contributed by atoms with E-state index < -0.39 is 17.3 Å². The third-order valence-electron chi connectivity index (χ3n) is 7.65. The van der Waals surface area contributed by atoms with Crippen LogP contribution >= 0.6 is 0 Å². The molecule has 2 amide bonds. The minimum Gasteiger partial charge on any atom is -0.465 e. The van der Waals surface area contributed by atoms with E-state index in [1.54, 1.807) is 18.7 Å². The summed E-state index contributed by atoms with van der Waals surface area (Å²) in [6.45, 7) is 6.12. The molecule has 2 N–H and O–H groups in total. The lowest BCUT2D eigenvalue weighted by atomic mass is 9.80. The molecule has 1 aliphatic carbocycles. The van der Waals surface area contributed by atoms with Gasteiger partial charge in [-0.3, -0.25) is 4.98 Å². The van der Waals surface area contributed by atoms with Crippen LogP contribution in [0.25, 0.3) is 11.1 Å². The molecule has 3 aromatic rings. The number of nitrogens with zero attached hydrogens (tertiary/aromatic N) is 3. The molecule has 2 atom stereocenters. The lowest BCUT2D eigenvalue weighted by Crippen LogP contribution is -2.51. The van der Waals surface area contributed by atoms with Crippen LogP contribution in [-0.4, -0.2) is 63.4 Å². The summed E-state index contributed by atoms with van der Waals surface area (Å²) in [7, 11) is 2.95. The van der Waals surface area contributed by atoms with Gasteiger partial charge in [0.15, 0.2) is 0 Å². The molecule has 41 heavy (non-hydrogen) atoms. The second-order valence-corrected chi connectivity index (χ2v) is 11.9. The molecule has 2 heterocycles. The van der Waals surface area contributed by atoms with E-state index in [1.165, 1.54) is 38.2 Å². The van der Waals surface area contributed by atoms with E-state index in [4.69, 9.17) is 9.84 Å². The molecule has 2 aliphatic rings. The lowest BCUT2D eigenvalue weighted by Gasteiger charge is -2.45. The monoisotopic (exact) mass is 559 g/mol. The average Bonchev–Trinajstić information content (AvgIpc) is 3.79. The van der Waals surface area contributed by atoms with Gasteiger partial charge in [0.1, 0.15) is 5.60 Å². The highest BCUT2D eigenvalue weighted by Crippen LogP contribution is 2.43. The number of carboxylic acid groups (broad SMARTS) is 1. The molecule has 0 bridgehead atoms. The van der Waals surface area contributed by atoms with Crippen LogP contribution < -0.4 is 0 Å². The highest BCUT2D eigenvalue weighted by Gasteiger charge is 2.46. The van der Waals surface area contributed by atoms with Gasteiger partial charge in [-0.15, -0.1) is 0 Å². The molecule has 0 unspecified atom stereocenters. The maximum absolute atomic E-state index is 13.3. The quantitative estimate of drug-likeness (QED) is 0.330. The Bertz CT molecular complexity index is 1330. The zero-order valence-electron chi connectivity index (χ0n) is 24.6. The number of ether oxygens (including phenoxy) is 1. The molecule has 1 saturated carbocycles. The standard InChI is InChI=1S/C30H34N2O3.C3H7NO2/c1-21(22-9-11-23(12-10-22)25-15-17-31-27(19-25)24-13-14-24)32-18-16-30(35-28(32)33,20-29(2,3)34)26-7-5-4-6-8-26;1-4(2)3(5)6/h4-12,15,17,19,21,24,34H,13-14,16,18,20H2,1-3H3;1-2H3,(H,5,6)/t21-,30-;/m0./s1. The molecule has 0 spiro atoms. The van der Waals surface area contributed by atoms with Crippen LogP contribution in [0.5, 0.6) is 0 Å². The van der Waals surface area contributed by atoms with Gasteiger partial charge in [-0.25, -0.2) is 9.59 Å². The highest BCUT2D eigenvalue weighted by molar-refractivity contribution is 5.70. The number of aliphatic hydroxyl groups is 1. The summed E-state index contributed by atoms with van der Waals surface area (Å²) in [6, 6.07) is 22.4. The minimum absolute atomic E-state index is 0.119. The maximum Gasteiger partial charge on any atom is 0.411 e. The number of rotatable bonds is 7. The SMILES string of the molecule is CN(C)C(=O)O.C[C@@H](c1ccc(-c2ccnc(C3CC3)c2)cc1)N1CC[C@](CC(C)(C)O)(c2ccccc2)OC1=O. The molecule has 8 heteroatoms. The average molecular weight is 560 g/mol. The molecule has 8 nitrogen and oxygen atoms in total. The molecule has 0 radical (unpaired) electrons. The zero-order chi connectivity index (χ0) is 29.8. The Kier molecular flexibility index (Phi) is 9.02. The van der Waals surface area contributed by atoms with Gasteiger partial charge in [0.25, 0.3) is 0 Å². The summed E-state index contributed by atoms with van der Waals surface area (Å²) in [4.78, 5) is 30.3. The largest absolute Gasteiger partial charge is 0.465 e. The van der Waals surface area contributed by atoms with Gasteiger partial charge in [-0.1, -0.05) is 54.6 Å². The third-order valence-corrected chi connectivity index (χ3v) is 7.65. The van der Waals surface area contributed by atoms with Crippen LogP contribution in [0.2, 0.25) is 0 Å². The molecule has 5 rings (SSSR count). The van der Waals surface area contributed by atoms with Gasteiger partial charge in [0.05, 0.1) is 11.6 Å². The number of carbonyl (C=O) groups excluding carboxylic acids is 1. The topological polar surface area (TPSA) is 103 Å². The maximum atomic E-state index is 13.3. The third kappa shape index (κ3) is 7.64. The smallest absolute Gasteiger partial charge is 0.411 e. The lowest BCUT2D eigenvalue weighted by molar-refractivity contribution is -0.101. The van der Waals surface area contributed by atoms with Crippen molar-refractivity contribution < 1.29 is 24.5 Å². The van der Waals surface area contributed by atoms with Crippen molar-refractivity contribution >= 4 is 12.2 Å².